The summed E-state index contributed by atoms with van der Waals surface area (Å²) in [6.07, 6.45) is 0. The molecule has 1 N–H and O–H groups in total. The van der Waals surface area contributed by atoms with Gasteiger partial charge >= 0.3 is 5.63 Å². The molecule has 31 heavy (non-hydrogen) atoms. The van der Waals surface area contributed by atoms with Gasteiger partial charge in [-0.1, -0.05) is 19.9 Å². The zero-order valence-corrected chi connectivity index (χ0v) is 18.2. The van der Waals surface area contributed by atoms with Crippen LogP contribution in [0, 0.1) is 6.92 Å². The highest BCUT2D eigenvalue weighted by atomic mass is 16.5. The number of aryl methyl sites for hydroxylation is 1. The van der Waals surface area contributed by atoms with Gasteiger partial charge in [0, 0.05) is 42.3 Å². The van der Waals surface area contributed by atoms with Gasteiger partial charge in [-0.05, 0) is 59.9 Å². The largest absolute Gasteiger partial charge is 0.423 e. The molecule has 0 unspecified atom stereocenters. The minimum absolute atomic E-state index is 0.00908. The van der Waals surface area contributed by atoms with Gasteiger partial charge in [0.25, 0.3) is 5.91 Å². The first-order chi connectivity index (χ1) is 14.9. The minimum Gasteiger partial charge on any atom is -0.423 e. The third-order valence-corrected chi connectivity index (χ3v) is 5.73. The SMILES string of the molecule is Cc1cc2oc(=O)cc(CNc3cccc(C(=O)N4CCOCC4)c3)c2cc1C(C)C. The first kappa shape index (κ1) is 21.1. The molecular formula is C25H28N2O4. The van der Waals surface area contributed by atoms with Gasteiger partial charge in [-0.3, -0.25) is 4.79 Å². The highest BCUT2D eigenvalue weighted by Gasteiger charge is 2.18. The summed E-state index contributed by atoms with van der Waals surface area (Å²) in [5.74, 6) is 0.384. The van der Waals surface area contributed by atoms with Crippen LogP contribution in [0.4, 0.5) is 5.69 Å². The minimum atomic E-state index is -0.364. The van der Waals surface area contributed by atoms with Crippen molar-refractivity contribution in [3.05, 3.63) is 75.1 Å². The first-order valence-electron chi connectivity index (χ1n) is 10.7. The third-order valence-electron chi connectivity index (χ3n) is 5.73. The molecule has 1 aliphatic rings. The second-order valence-corrected chi connectivity index (χ2v) is 8.29. The Morgan fingerprint density at radius 3 is 2.65 bits per heavy atom. The molecule has 4 rings (SSSR count). The van der Waals surface area contributed by atoms with Crippen LogP contribution in [0.1, 0.15) is 46.8 Å². The van der Waals surface area contributed by atoms with E-state index in [4.69, 9.17) is 9.15 Å². The summed E-state index contributed by atoms with van der Waals surface area (Å²) in [6.45, 7) is 9.18. The van der Waals surface area contributed by atoms with Gasteiger partial charge in [0.1, 0.15) is 5.58 Å². The Morgan fingerprint density at radius 2 is 1.90 bits per heavy atom. The number of rotatable bonds is 5. The lowest BCUT2D eigenvalue weighted by molar-refractivity contribution is 0.0303. The highest BCUT2D eigenvalue weighted by molar-refractivity contribution is 5.95. The highest BCUT2D eigenvalue weighted by Crippen LogP contribution is 2.27. The molecule has 0 saturated carbocycles. The zero-order valence-electron chi connectivity index (χ0n) is 18.2. The number of carbonyl (C=O) groups excluding carboxylic acids is 1. The van der Waals surface area contributed by atoms with Gasteiger partial charge in [-0.25, -0.2) is 4.79 Å². The maximum absolute atomic E-state index is 12.8. The summed E-state index contributed by atoms with van der Waals surface area (Å²) in [5, 5.41) is 4.30. The van der Waals surface area contributed by atoms with Crippen LogP contribution in [-0.4, -0.2) is 37.1 Å². The Bertz CT molecular complexity index is 1160. The quantitative estimate of drug-likeness (QED) is 0.623. The second kappa shape index (κ2) is 8.94. The standard InChI is InChI=1S/C25H28N2O4/c1-16(2)21-14-22-19(13-24(28)31-23(22)11-17(21)3)15-26-20-6-4-5-18(12-20)25(29)27-7-9-30-10-8-27/h4-6,11-14,16,26H,7-10,15H2,1-3H3. The summed E-state index contributed by atoms with van der Waals surface area (Å²) in [4.78, 5) is 26.7. The topological polar surface area (TPSA) is 71.8 Å². The van der Waals surface area contributed by atoms with Crippen molar-refractivity contribution in [1.29, 1.82) is 0 Å². The van der Waals surface area contributed by atoms with Crippen molar-refractivity contribution in [2.24, 2.45) is 0 Å². The van der Waals surface area contributed by atoms with Crippen LogP contribution in [0.25, 0.3) is 11.0 Å². The molecule has 162 valence electrons. The van der Waals surface area contributed by atoms with Gasteiger partial charge in [-0.15, -0.1) is 0 Å². The van der Waals surface area contributed by atoms with Crippen LogP contribution in [0.15, 0.2) is 51.7 Å². The van der Waals surface area contributed by atoms with Crippen LogP contribution >= 0.6 is 0 Å². The predicted molar refractivity (Wildman–Crippen MR) is 122 cm³/mol. The van der Waals surface area contributed by atoms with E-state index in [0.29, 0.717) is 49.9 Å². The van der Waals surface area contributed by atoms with Crippen LogP contribution in [0.5, 0.6) is 0 Å². The van der Waals surface area contributed by atoms with Gasteiger partial charge < -0.3 is 19.4 Å². The monoisotopic (exact) mass is 420 g/mol. The molecule has 3 aromatic rings. The Labute approximate surface area is 181 Å². The second-order valence-electron chi connectivity index (χ2n) is 8.29. The van der Waals surface area contributed by atoms with Crippen molar-refractivity contribution in [3.63, 3.8) is 0 Å². The van der Waals surface area contributed by atoms with E-state index in [-0.39, 0.29) is 11.5 Å². The van der Waals surface area contributed by atoms with Gasteiger partial charge in [0.15, 0.2) is 0 Å². The van der Waals surface area contributed by atoms with Crippen molar-refractivity contribution in [2.75, 3.05) is 31.6 Å². The number of ether oxygens (including phenoxy) is 1. The number of morpholine rings is 1. The molecule has 6 heteroatoms. The number of hydrogen-bond acceptors (Lipinski definition) is 5. The zero-order chi connectivity index (χ0) is 22.0. The van der Waals surface area contributed by atoms with E-state index in [1.165, 1.54) is 11.6 Å². The normalized spacial score (nSPS) is 14.3. The van der Waals surface area contributed by atoms with Gasteiger partial charge in [0.2, 0.25) is 0 Å². The number of carbonyl (C=O) groups is 1. The molecule has 0 aliphatic carbocycles. The summed E-state index contributed by atoms with van der Waals surface area (Å²) in [5.41, 5.74) is 4.93. The maximum Gasteiger partial charge on any atom is 0.336 e. The van der Waals surface area contributed by atoms with E-state index in [1.54, 1.807) is 0 Å². The van der Waals surface area contributed by atoms with Crippen molar-refractivity contribution in [3.8, 4) is 0 Å². The molecule has 1 aromatic heterocycles. The summed E-state index contributed by atoms with van der Waals surface area (Å²) < 4.78 is 10.8. The van der Waals surface area contributed by atoms with Crippen molar-refractivity contribution < 1.29 is 13.9 Å². The van der Waals surface area contributed by atoms with E-state index in [0.717, 1.165) is 22.2 Å². The molecule has 0 bridgehead atoms. The number of fused-ring (bicyclic) bond motifs is 1. The molecule has 1 aliphatic heterocycles. The maximum atomic E-state index is 12.8. The summed E-state index contributed by atoms with van der Waals surface area (Å²) in [6, 6.07) is 13.1. The van der Waals surface area contributed by atoms with E-state index in [2.05, 4.69) is 25.2 Å². The number of benzene rings is 2. The van der Waals surface area contributed by atoms with Crippen molar-refractivity contribution >= 4 is 22.6 Å². The van der Waals surface area contributed by atoms with E-state index in [9.17, 15) is 9.59 Å². The van der Waals surface area contributed by atoms with Crippen molar-refractivity contribution in [1.82, 2.24) is 4.90 Å². The molecule has 1 saturated heterocycles. The Kier molecular flexibility index (Phi) is 6.09. The average molecular weight is 421 g/mol. The number of hydrogen-bond donors (Lipinski definition) is 1. The smallest absolute Gasteiger partial charge is 0.336 e. The Balaban J connectivity index is 1.58. The molecule has 2 heterocycles. The summed E-state index contributed by atoms with van der Waals surface area (Å²) in [7, 11) is 0. The van der Waals surface area contributed by atoms with E-state index >= 15 is 0 Å². The molecule has 2 aromatic carbocycles. The summed E-state index contributed by atoms with van der Waals surface area (Å²) >= 11 is 0. The van der Waals surface area contributed by atoms with E-state index in [1.807, 2.05) is 42.2 Å². The number of anilines is 1. The molecule has 1 fully saturated rings. The third kappa shape index (κ3) is 4.64. The molecule has 0 radical (unpaired) electrons. The van der Waals surface area contributed by atoms with Crippen LogP contribution < -0.4 is 10.9 Å². The Hall–Kier alpha value is -3.12. The number of amides is 1. The fraction of sp³-hybridized carbons (Fsp3) is 0.360. The van der Waals surface area contributed by atoms with Crippen molar-refractivity contribution in [2.45, 2.75) is 33.2 Å². The fourth-order valence-electron chi connectivity index (χ4n) is 4.07. The molecule has 6 nitrogen and oxygen atoms in total. The van der Waals surface area contributed by atoms with Crippen LogP contribution in [0.2, 0.25) is 0 Å². The predicted octanol–water partition coefficient (Wildman–Crippen LogP) is 4.31. The lowest BCUT2D eigenvalue weighted by Gasteiger charge is -2.27. The van der Waals surface area contributed by atoms with Crippen LogP contribution in [0.3, 0.4) is 0 Å². The first-order valence-corrected chi connectivity index (χ1v) is 10.7. The lowest BCUT2D eigenvalue weighted by atomic mass is 9.95. The molecular weight excluding hydrogens is 392 g/mol. The van der Waals surface area contributed by atoms with Gasteiger partial charge in [-0.2, -0.15) is 0 Å². The lowest BCUT2D eigenvalue weighted by Crippen LogP contribution is -2.40. The Morgan fingerprint density at radius 1 is 1.13 bits per heavy atom. The number of nitrogens with zero attached hydrogens (tertiary/aromatic N) is 1. The van der Waals surface area contributed by atoms with E-state index < -0.39 is 0 Å². The fourth-order valence-corrected chi connectivity index (χ4v) is 4.07. The van der Waals surface area contributed by atoms with Crippen LogP contribution in [-0.2, 0) is 11.3 Å². The van der Waals surface area contributed by atoms with Gasteiger partial charge in [0.05, 0.1) is 13.2 Å². The molecule has 0 atom stereocenters. The number of nitrogens with one attached hydrogen (secondary N) is 1. The molecule has 1 amide bonds. The average Bonchev–Trinajstić information content (AvgIpc) is 2.77. The molecule has 0 spiro atoms.